The Kier molecular flexibility index (Phi) is 8.15. The molecule has 9 nitrogen and oxygen atoms in total. The highest BCUT2D eigenvalue weighted by molar-refractivity contribution is 6.24. The maximum absolute atomic E-state index is 14.5. The number of alkyl halides is 3. The molecule has 0 aliphatic carbocycles. The van der Waals surface area contributed by atoms with Gasteiger partial charge in [0.05, 0.1) is 24.8 Å². The topological polar surface area (TPSA) is 119 Å². The average molecular weight is 602 g/mol. The summed E-state index contributed by atoms with van der Waals surface area (Å²) in [6.45, 7) is 2.43. The number of nitrogens with zero attached hydrogens (tertiary/aromatic N) is 4. The summed E-state index contributed by atoms with van der Waals surface area (Å²) in [5.41, 5.74) is -3.91. The molecule has 1 aromatic heterocycles. The molecule has 4 rings (SSSR count). The summed E-state index contributed by atoms with van der Waals surface area (Å²) in [4.78, 5) is 31.0. The van der Waals surface area contributed by atoms with E-state index in [4.69, 9.17) is 4.74 Å². The van der Waals surface area contributed by atoms with E-state index in [1.165, 1.54) is 51.2 Å². The van der Waals surface area contributed by atoms with Crippen LogP contribution in [0, 0.1) is 23.0 Å². The Morgan fingerprint density at radius 1 is 1.19 bits per heavy atom. The van der Waals surface area contributed by atoms with Gasteiger partial charge in [-0.05, 0) is 44.2 Å². The van der Waals surface area contributed by atoms with Gasteiger partial charge in [0.15, 0.2) is 23.1 Å². The third kappa shape index (κ3) is 5.71. The SMILES string of the molecule is COc1cc(-c2cc(C(F)(F)F)ccc2NC(=O)C2=C(O)C(C)(C)N(C)N(Cc3cccc(F)c3F)C2=O)cnc1C#N. The summed E-state index contributed by atoms with van der Waals surface area (Å²) in [5, 5.41) is 24.8. The highest BCUT2D eigenvalue weighted by Gasteiger charge is 2.46. The minimum atomic E-state index is -4.76. The lowest BCUT2D eigenvalue weighted by Crippen LogP contribution is -2.60. The van der Waals surface area contributed by atoms with E-state index >= 15 is 0 Å². The van der Waals surface area contributed by atoms with E-state index in [-0.39, 0.29) is 33.8 Å². The first-order valence-corrected chi connectivity index (χ1v) is 12.5. The number of likely N-dealkylation sites (N-methyl/N-ethyl adjacent to an activating group) is 1. The third-order valence-electron chi connectivity index (χ3n) is 7.10. The number of anilines is 1. The third-order valence-corrected chi connectivity index (χ3v) is 7.10. The lowest BCUT2D eigenvalue weighted by Gasteiger charge is -2.46. The van der Waals surface area contributed by atoms with Gasteiger partial charge in [-0.3, -0.25) is 14.6 Å². The lowest BCUT2D eigenvalue weighted by molar-refractivity contribution is -0.160. The molecule has 0 saturated heterocycles. The van der Waals surface area contributed by atoms with Crippen molar-refractivity contribution in [2.24, 2.45) is 0 Å². The Balaban J connectivity index is 1.78. The highest BCUT2D eigenvalue weighted by atomic mass is 19.4. The molecule has 2 heterocycles. The van der Waals surface area contributed by atoms with Gasteiger partial charge in [-0.2, -0.15) is 18.4 Å². The van der Waals surface area contributed by atoms with Crippen LogP contribution >= 0.6 is 0 Å². The van der Waals surface area contributed by atoms with E-state index in [9.17, 15) is 41.9 Å². The fraction of sp³-hybridized carbons (Fsp3) is 0.241. The molecule has 0 radical (unpaired) electrons. The van der Waals surface area contributed by atoms with Crippen molar-refractivity contribution in [2.45, 2.75) is 32.1 Å². The van der Waals surface area contributed by atoms with Crippen LogP contribution in [0.15, 0.2) is 60.0 Å². The molecule has 14 heteroatoms. The minimum absolute atomic E-state index is 0.0358. The number of amides is 2. The predicted molar refractivity (Wildman–Crippen MR) is 143 cm³/mol. The molecule has 3 aromatic rings. The van der Waals surface area contributed by atoms with Crippen LogP contribution in [0.4, 0.5) is 27.6 Å². The van der Waals surface area contributed by atoms with E-state index in [2.05, 4.69) is 10.3 Å². The van der Waals surface area contributed by atoms with Gasteiger partial charge in [0.25, 0.3) is 11.8 Å². The Morgan fingerprint density at radius 2 is 1.88 bits per heavy atom. The fourth-order valence-corrected chi connectivity index (χ4v) is 4.43. The van der Waals surface area contributed by atoms with Crippen molar-refractivity contribution < 1.29 is 41.4 Å². The predicted octanol–water partition coefficient (Wildman–Crippen LogP) is 5.34. The number of nitrogens with one attached hydrogen (secondary N) is 1. The molecule has 0 atom stereocenters. The summed E-state index contributed by atoms with van der Waals surface area (Å²) < 4.78 is 74.3. The number of rotatable bonds is 6. The second kappa shape index (κ2) is 11.3. The molecular formula is C29H24F5N5O4. The molecule has 2 amide bonds. The number of hydrogen-bond acceptors (Lipinski definition) is 7. The molecule has 0 saturated carbocycles. The number of aliphatic hydroxyl groups is 1. The second-order valence-corrected chi connectivity index (χ2v) is 9.98. The standard InChI is InChI=1S/C29H24F5N5O4/c1-28(2)25(40)23(27(42)39(38(28)3)14-15-6-5-7-19(30)24(15)31)26(41)37-20-9-8-17(29(32,33)34)11-18(20)16-10-22(43-4)21(12-35)36-13-16/h5-11,13,40H,14H2,1-4H3,(H,37,41). The van der Waals surface area contributed by atoms with Crippen molar-refractivity contribution in [3.05, 3.63) is 88.4 Å². The number of ether oxygens (including phenoxy) is 1. The Morgan fingerprint density at radius 3 is 2.51 bits per heavy atom. The number of hydrazine groups is 1. The summed E-state index contributed by atoms with van der Waals surface area (Å²) in [7, 11) is 2.64. The largest absolute Gasteiger partial charge is 0.509 e. The van der Waals surface area contributed by atoms with Crippen LogP contribution in [0.1, 0.15) is 30.7 Å². The van der Waals surface area contributed by atoms with Gasteiger partial charge in [0.1, 0.15) is 17.4 Å². The smallest absolute Gasteiger partial charge is 0.416 e. The minimum Gasteiger partial charge on any atom is -0.509 e. The second-order valence-electron chi connectivity index (χ2n) is 9.98. The molecule has 43 heavy (non-hydrogen) atoms. The molecule has 0 spiro atoms. The first kappa shape index (κ1) is 30.9. The quantitative estimate of drug-likeness (QED) is 0.289. The number of carbonyl (C=O) groups excluding carboxylic acids is 2. The molecule has 2 N–H and O–H groups in total. The average Bonchev–Trinajstić information content (AvgIpc) is 2.96. The summed E-state index contributed by atoms with van der Waals surface area (Å²) in [6.07, 6.45) is -3.65. The van der Waals surface area contributed by atoms with Gasteiger partial charge < -0.3 is 15.2 Å². The summed E-state index contributed by atoms with van der Waals surface area (Å²) in [5.74, 6) is -5.30. The summed E-state index contributed by atoms with van der Waals surface area (Å²) in [6, 6.07) is 8.85. The van der Waals surface area contributed by atoms with Gasteiger partial charge in [-0.15, -0.1) is 0 Å². The fourth-order valence-electron chi connectivity index (χ4n) is 4.43. The van der Waals surface area contributed by atoms with E-state index < -0.39 is 58.6 Å². The normalized spacial score (nSPS) is 15.3. The summed E-state index contributed by atoms with van der Waals surface area (Å²) >= 11 is 0. The zero-order valence-electron chi connectivity index (χ0n) is 23.2. The van der Waals surface area contributed by atoms with Crippen LogP contribution in [-0.4, -0.2) is 51.6 Å². The molecule has 2 aromatic carbocycles. The molecule has 0 bridgehead atoms. The van der Waals surface area contributed by atoms with Gasteiger partial charge >= 0.3 is 6.18 Å². The number of halogens is 5. The van der Waals surface area contributed by atoms with Crippen LogP contribution in [0.5, 0.6) is 5.75 Å². The maximum atomic E-state index is 14.5. The van der Waals surface area contributed by atoms with Crippen LogP contribution in [0.2, 0.25) is 0 Å². The molecule has 1 aliphatic heterocycles. The highest BCUT2D eigenvalue weighted by Crippen LogP contribution is 2.38. The van der Waals surface area contributed by atoms with E-state index in [1.807, 2.05) is 0 Å². The number of aliphatic hydroxyl groups excluding tert-OH is 1. The molecule has 1 aliphatic rings. The van der Waals surface area contributed by atoms with Gasteiger partial charge in [0, 0.05) is 35.6 Å². The zero-order valence-corrected chi connectivity index (χ0v) is 23.2. The van der Waals surface area contributed by atoms with Crippen LogP contribution in [-0.2, 0) is 22.3 Å². The van der Waals surface area contributed by atoms with Crippen molar-refractivity contribution in [3.63, 3.8) is 0 Å². The Bertz CT molecular complexity index is 1700. The van der Waals surface area contributed by atoms with E-state index in [1.54, 1.807) is 6.07 Å². The maximum Gasteiger partial charge on any atom is 0.416 e. The van der Waals surface area contributed by atoms with Crippen LogP contribution in [0.3, 0.4) is 0 Å². The molecule has 0 fully saturated rings. The first-order chi connectivity index (χ1) is 20.1. The van der Waals surface area contributed by atoms with Crippen molar-refractivity contribution in [1.82, 2.24) is 15.0 Å². The zero-order chi connectivity index (χ0) is 31.9. The van der Waals surface area contributed by atoms with Gasteiger partial charge in [-0.25, -0.2) is 18.8 Å². The number of pyridine rings is 1. The van der Waals surface area contributed by atoms with Crippen molar-refractivity contribution >= 4 is 17.5 Å². The number of benzene rings is 2. The van der Waals surface area contributed by atoms with Crippen molar-refractivity contribution in [3.8, 4) is 22.9 Å². The lowest BCUT2D eigenvalue weighted by atomic mass is 9.93. The number of hydrogen-bond donors (Lipinski definition) is 2. The molecule has 0 unspecified atom stereocenters. The van der Waals surface area contributed by atoms with E-state index in [0.29, 0.717) is 6.07 Å². The molecular weight excluding hydrogens is 577 g/mol. The first-order valence-electron chi connectivity index (χ1n) is 12.5. The Hall–Kier alpha value is -5.03. The number of carbonyl (C=O) groups is 2. The number of nitriles is 1. The number of aromatic nitrogens is 1. The van der Waals surface area contributed by atoms with Crippen LogP contribution < -0.4 is 10.1 Å². The molecule has 224 valence electrons. The number of methoxy groups -OCH3 is 1. The van der Waals surface area contributed by atoms with Gasteiger partial charge in [-0.1, -0.05) is 12.1 Å². The Labute approximate surface area is 242 Å². The van der Waals surface area contributed by atoms with Gasteiger partial charge in [0.2, 0.25) is 0 Å². The monoisotopic (exact) mass is 601 g/mol. The van der Waals surface area contributed by atoms with E-state index in [0.717, 1.165) is 29.4 Å². The van der Waals surface area contributed by atoms with Crippen molar-refractivity contribution in [1.29, 1.82) is 5.26 Å². The van der Waals surface area contributed by atoms with Crippen LogP contribution in [0.25, 0.3) is 11.1 Å². The van der Waals surface area contributed by atoms with Crippen molar-refractivity contribution in [2.75, 3.05) is 19.5 Å².